The minimum atomic E-state index is -0.0191. The van der Waals surface area contributed by atoms with Gasteiger partial charge in [-0.2, -0.15) is 0 Å². The first-order valence-electron chi connectivity index (χ1n) is 9.68. The third-order valence-electron chi connectivity index (χ3n) is 5.68. The van der Waals surface area contributed by atoms with Crippen molar-refractivity contribution in [2.24, 2.45) is 0 Å². The maximum absolute atomic E-state index is 5.85. The zero-order valence-electron chi connectivity index (χ0n) is 16.3. The van der Waals surface area contributed by atoms with Crippen LogP contribution in [0.3, 0.4) is 0 Å². The molecule has 1 aliphatic rings. The van der Waals surface area contributed by atoms with Crippen LogP contribution in [0.25, 0.3) is 0 Å². The Labute approximate surface area is 167 Å². The molecule has 27 heavy (non-hydrogen) atoms. The highest BCUT2D eigenvalue weighted by Crippen LogP contribution is 2.51. The number of nitrogens with zero attached hydrogens (tertiary/aromatic N) is 1. The molecule has 0 unspecified atom stereocenters. The Morgan fingerprint density at radius 1 is 0.852 bits per heavy atom. The molecule has 0 fully saturated rings. The van der Waals surface area contributed by atoms with E-state index in [2.05, 4.69) is 92.4 Å². The van der Waals surface area contributed by atoms with Crippen molar-refractivity contribution in [2.45, 2.75) is 39.0 Å². The zero-order valence-corrected chi connectivity index (χ0v) is 17.1. The third kappa shape index (κ3) is 3.15. The highest BCUT2D eigenvalue weighted by Gasteiger charge is 2.36. The van der Waals surface area contributed by atoms with Crippen molar-refractivity contribution in [1.82, 2.24) is 0 Å². The zero-order chi connectivity index (χ0) is 19.0. The van der Waals surface area contributed by atoms with Gasteiger partial charge < -0.3 is 4.90 Å². The van der Waals surface area contributed by atoms with Gasteiger partial charge in [-0.15, -0.1) is 11.6 Å². The lowest BCUT2D eigenvalue weighted by atomic mass is 9.73. The van der Waals surface area contributed by atoms with Gasteiger partial charge in [0.1, 0.15) is 0 Å². The first-order valence-corrected chi connectivity index (χ1v) is 10.2. The Kier molecular flexibility index (Phi) is 4.74. The number of rotatable bonds is 4. The van der Waals surface area contributed by atoms with Gasteiger partial charge >= 0.3 is 0 Å². The summed E-state index contributed by atoms with van der Waals surface area (Å²) in [5.41, 5.74) is 9.13. The molecule has 1 nitrogen and oxygen atoms in total. The minimum Gasteiger partial charge on any atom is -0.310 e. The Hall–Kier alpha value is -2.25. The number of hydrogen-bond acceptors (Lipinski definition) is 1. The van der Waals surface area contributed by atoms with E-state index in [9.17, 15) is 0 Å². The molecule has 3 aromatic carbocycles. The van der Waals surface area contributed by atoms with Crippen LogP contribution >= 0.6 is 11.6 Å². The molecular weight excluding hydrogens is 350 g/mol. The second-order valence-electron chi connectivity index (χ2n) is 7.96. The molecule has 0 amide bonds. The molecule has 0 atom stereocenters. The van der Waals surface area contributed by atoms with Gasteiger partial charge in [0, 0.05) is 17.0 Å². The van der Waals surface area contributed by atoms with Crippen LogP contribution in [0.1, 0.15) is 42.5 Å². The first-order chi connectivity index (χ1) is 13.0. The lowest BCUT2D eigenvalue weighted by Gasteiger charge is -2.42. The lowest BCUT2D eigenvalue weighted by Crippen LogP contribution is -2.30. The Balaban J connectivity index is 1.86. The summed E-state index contributed by atoms with van der Waals surface area (Å²) in [6, 6.07) is 24.6. The predicted octanol–water partition coefficient (Wildman–Crippen LogP) is 7.28. The van der Waals surface area contributed by atoms with Gasteiger partial charge in [-0.05, 0) is 60.7 Å². The second-order valence-corrected chi connectivity index (χ2v) is 8.34. The van der Waals surface area contributed by atoms with Crippen LogP contribution in [0.4, 0.5) is 17.1 Å². The molecule has 138 valence electrons. The molecule has 0 saturated carbocycles. The molecule has 1 aliphatic heterocycles. The Bertz CT molecular complexity index is 956. The van der Waals surface area contributed by atoms with Crippen molar-refractivity contribution in [3.05, 3.63) is 89.0 Å². The summed E-state index contributed by atoms with van der Waals surface area (Å²) in [4.78, 5) is 2.40. The van der Waals surface area contributed by atoms with Gasteiger partial charge in [0.25, 0.3) is 0 Å². The van der Waals surface area contributed by atoms with Gasteiger partial charge in [-0.1, -0.05) is 61.9 Å². The summed E-state index contributed by atoms with van der Waals surface area (Å²) in [6.45, 7) is 6.83. The van der Waals surface area contributed by atoms with Crippen LogP contribution in [0.15, 0.2) is 66.7 Å². The summed E-state index contributed by atoms with van der Waals surface area (Å²) in [5, 5.41) is 0. The number of anilines is 3. The van der Waals surface area contributed by atoms with E-state index in [1.54, 1.807) is 0 Å². The van der Waals surface area contributed by atoms with Crippen LogP contribution in [0, 0.1) is 6.92 Å². The monoisotopic (exact) mass is 375 g/mol. The van der Waals surface area contributed by atoms with Crippen molar-refractivity contribution in [3.63, 3.8) is 0 Å². The van der Waals surface area contributed by atoms with Crippen LogP contribution in [0.2, 0.25) is 0 Å². The molecular formula is C25H26ClN. The fraction of sp³-hybridized carbons (Fsp3) is 0.280. The van der Waals surface area contributed by atoms with Gasteiger partial charge in [0.05, 0.1) is 11.4 Å². The molecule has 0 bridgehead atoms. The molecule has 0 aromatic heterocycles. The number of aryl methyl sites for hydroxylation is 2. The van der Waals surface area contributed by atoms with E-state index in [4.69, 9.17) is 11.6 Å². The summed E-state index contributed by atoms with van der Waals surface area (Å²) in [7, 11) is 0. The standard InChI is InChI=1S/C25H26ClN/c1-18-10-15-24-22(17-18)25(2,3)21-8-4-5-9-23(21)27(24)20-13-11-19(12-14-20)7-6-16-26/h4-5,8-15,17H,6-7,16H2,1-3H3. The van der Waals surface area contributed by atoms with Gasteiger partial charge in [0.15, 0.2) is 0 Å². The van der Waals surface area contributed by atoms with Crippen molar-refractivity contribution in [2.75, 3.05) is 10.8 Å². The molecule has 0 spiro atoms. The van der Waals surface area contributed by atoms with Crippen LogP contribution in [-0.4, -0.2) is 5.88 Å². The van der Waals surface area contributed by atoms with Crippen molar-refractivity contribution in [1.29, 1.82) is 0 Å². The van der Waals surface area contributed by atoms with Crippen LogP contribution in [-0.2, 0) is 11.8 Å². The molecule has 0 aliphatic carbocycles. The highest BCUT2D eigenvalue weighted by atomic mass is 35.5. The topological polar surface area (TPSA) is 3.24 Å². The second kappa shape index (κ2) is 7.05. The molecule has 4 rings (SSSR count). The summed E-state index contributed by atoms with van der Waals surface area (Å²) >= 11 is 5.85. The quantitative estimate of drug-likeness (QED) is 0.433. The largest absolute Gasteiger partial charge is 0.310 e. The van der Waals surface area contributed by atoms with Crippen molar-refractivity contribution in [3.8, 4) is 0 Å². The number of alkyl halides is 1. The van der Waals surface area contributed by atoms with Gasteiger partial charge in [-0.3, -0.25) is 0 Å². The van der Waals surface area contributed by atoms with Gasteiger partial charge in [-0.25, -0.2) is 0 Å². The molecule has 0 radical (unpaired) electrons. The van der Waals surface area contributed by atoms with E-state index in [1.807, 2.05) is 0 Å². The molecule has 2 heteroatoms. The maximum Gasteiger partial charge on any atom is 0.0502 e. The van der Waals surface area contributed by atoms with E-state index in [0.717, 1.165) is 12.8 Å². The summed E-state index contributed by atoms with van der Waals surface area (Å²) in [5.74, 6) is 0.711. The Morgan fingerprint density at radius 2 is 1.56 bits per heavy atom. The van der Waals surface area contributed by atoms with E-state index in [0.29, 0.717) is 5.88 Å². The molecule has 0 N–H and O–H groups in total. The molecule has 0 saturated heterocycles. The van der Waals surface area contributed by atoms with Crippen LogP contribution < -0.4 is 4.90 Å². The summed E-state index contributed by atoms with van der Waals surface area (Å²) < 4.78 is 0. The fourth-order valence-corrected chi connectivity index (χ4v) is 4.31. The number of para-hydroxylation sites is 1. The van der Waals surface area contributed by atoms with E-state index < -0.39 is 0 Å². The minimum absolute atomic E-state index is 0.0191. The number of fused-ring (bicyclic) bond motifs is 2. The van der Waals surface area contributed by atoms with Gasteiger partial charge in [0.2, 0.25) is 0 Å². The predicted molar refractivity (Wildman–Crippen MR) is 117 cm³/mol. The van der Waals surface area contributed by atoms with Crippen molar-refractivity contribution >= 4 is 28.7 Å². The highest BCUT2D eigenvalue weighted by molar-refractivity contribution is 6.17. The first kappa shape index (κ1) is 18.1. The lowest BCUT2D eigenvalue weighted by molar-refractivity contribution is 0.631. The number of hydrogen-bond donors (Lipinski definition) is 0. The third-order valence-corrected chi connectivity index (χ3v) is 5.95. The fourth-order valence-electron chi connectivity index (χ4n) is 4.18. The summed E-state index contributed by atoms with van der Waals surface area (Å²) in [6.07, 6.45) is 2.05. The SMILES string of the molecule is Cc1ccc2c(c1)C(C)(C)c1ccccc1N2c1ccc(CCCCl)cc1. The van der Waals surface area contributed by atoms with Crippen LogP contribution in [0.5, 0.6) is 0 Å². The average Bonchev–Trinajstić information content (AvgIpc) is 2.68. The van der Waals surface area contributed by atoms with E-state index in [-0.39, 0.29) is 5.41 Å². The normalized spacial score (nSPS) is 14.6. The Morgan fingerprint density at radius 3 is 2.30 bits per heavy atom. The molecule has 1 heterocycles. The average molecular weight is 376 g/mol. The van der Waals surface area contributed by atoms with E-state index in [1.165, 1.54) is 39.3 Å². The maximum atomic E-state index is 5.85. The number of benzene rings is 3. The number of halogens is 1. The molecule has 3 aromatic rings. The smallest absolute Gasteiger partial charge is 0.0502 e. The van der Waals surface area contributed by atoms with Crippen molar-refractivity contribution < 1.29 is 0 Å². The van der Waals surface area contributed by atoms with E-state index >= 15 is 0 Å².